The van der Waals surface area contributed by atoms with Crippen LogP contribution >= 0.6 is 45.2 Å². The van der Waals surface area contributed by atoms with Crippen molar-refractivity contribution < 1.29 is 4.79 Å². The molecule has 0 N–H and O–H groups in total. The Hall–Kier alpha value is 0.350. The summed E-state index contributed by atoms with van der Waals surface area (Å²) in [5.41, 5.74) is 4.26. The number of carbonyl (C=O) groups excluding carboxylic acids is 1. The van der Waals surface area contributed by atoms with E-state index in [4.69, 9.17) is 0 Å². The van der Waals surface area contributed by atoms with Crippen molar-refractivity contribution in [3.63, 3.8) is 0 Å². The third kappa shape index (κ3) is 2.65. The Morgan fingerprint density at radius 3 is 2.00 bits per heavy atom. The normalized spacial score (nSPS) is 10.5. The summed E-state index contributed by atoms with van der Waals surface area (Å²) >= 11 is 4.73. The fourth-order valence-electron chi connectivity index (χ4n) is 1.32. The molecular formula is C10H10I2O. The van der Waals surface area contributed by atoms with Gasteiger partial charge in [0.15, 0.2) is 6.29 Å². The zero-order chi connectivity index (χ0) is 10.0. The average molecular weight is 400 g/mol. The van der Waals surface area contributed by atoms with Gasteiger partial charge in [-0.25, -0.2) is 0 Å². The Kier molecular flexibility index (Phi) is 4.15. The molecule has 0 bridgehead atoms. The zero-order valence-corrected chi connectivity index (χ0v) is 11.8. The van der Waals surface area contributed by atoms with Crippen LogP contribution in [0.4, 0.5) is 0 Å². The highest BCUT2D eigenvalue weighted by Gasteiger charge is 2.07. The van der Waals surface area contributed by atoms with Crippen molar-refractivity contribution in [1.29, 1.82) is 0 Å². The molecule has 0 spiro atoms. The fraction of sp³-hybridized carbons (Fsp3) is 0.300. The number of hydrogen-bond donors (Lipinski definition) is 0. The van der Waals surface area contributed by atoms with Gasteiger partial charge in [0, 0.05) is 5.56 Å². The molecule has 1 rings (SSSR count). The van der Waals surface area contributed by atoms with E-state index in [9.17, 15) is 4.79 Å². The first-order valence-electron chi connectivity index (χ1n) is 3.90. The van der Waals surface area contributed by atoms with Crippen molar-refractivity contribution in [1.82, 2.24) is 0 Å². The maximum atomic E-state index is 10.7. The summed E-state index contributed by atoms with van der Waals surface area (Å²) in [6.45, 7) is 3.96. The Morgan fingerprint density at radius 2 is 1.69 bits per heavy atom. The summed E-state index contributed by atoms with van der Waals surface area (Å²) in [7, 11) is 0. The van der Waals surface area contributed by atoms with Crippen LogP contribution in [0.5, 0.6) is 0 Å². The van der Waals surface area contributed by atoms with Crippen molar-refractivity contribution in [2.45, 2.75) is 15.8 Å². The first-order valence-corrected chi connectivity index (χ1v) is 6.40. The summed E-state index contributed by atoms with van der Waals surface area (Å²) in [6.07, 6.45) is 0.934. The molecule has 0 fully saturated rings. The van der Waals surface area contributed by atoms with Crippen LogP contribution in [0.2, 0.25) is 0 Å². The number of carbonyl (C=O) groups is 1. The molecule has 0 unspecified atom stereocenters. The van der Waals surface area contributed by atoms with Gasteiger partial charge in [-0.15, -0.1) is 0 Å². The monoisotopic (exact) mass is 400 g/mol. The third-order valence-corrected chi connectivity index (χ3v) is 3.42. The molecule has 0 saturated heterocycles. The Bertz CT molecular complexity index is 309. The number of aldehydes is 1. The van der Waals surface area contributed by atoms with Gasteiger partial charge in [-0.05, 0) is 30.5 Å². The van der Waals surface area contributed by atoms with Gasteiger partial charge in [-0.3, -0.25) is 4.79 Å². The fourth-order valence-corrected chi connectivity index (χ4v) is 2.04. The predicted octanol–water partition coefficient (Wildman–Crippen LogP) is 3.98. The third-order valence-electron chi connectivity index (χ3n) is 1.99. The van der Waals surface area contributed by atoms with E-state index in [1.165, 1.54) is 5.56 Å². The molecule has 0 saturated carbocycles. The molecule has 1 aromatic carbocycles. The van der Waals surface area contributed by atoms with E-state index >= 15 is 0 Å². The average Bonchev–Trinajstić information content (AvgIpc) is 2.03. The molecule has 70 valence electrons. The molecular weight excluding hydrogens is 390 g/mol. The summed E-state index contributed by atoms with van der Waals surface area (Å²) < 4.78 is 0.466. The first-order chi connectivity index (χ1) is 6.06. The van der Waals surface area contributed by atoms with Gasteiger partial charge in [0.2, 0.25) is 0 Å². The Labute approximate surface area is 106 Å². The quantitative estimate of drug-likeness (QED) is 0.417. The minimum Gasteiger partial charge on any atom is -0.298 e. The van der Waals surface area contributed by atoms with Gasteiger partial charge in [0.25, 0.3) is 0 Å². The summed E-state index contributed by atoms with van der Waals surface area (Å²) in [6, 6.07) is 4.17. The van der Waals surface area contributed by atoms with Gasteiger partial charge in [-0.1, -0.05) is 57.3 Å². The summed E-state index contributed by atoms with van der Waals surface area (Å²) in [5, 5.41) is 0. The molecule has 0 atom stereocenters. The van der Waals surface area contributed by atoms with Gasteiger partial charge < -0.3 is 0 Å². The van der Waals surface area contributed by atoms with Crippen molar-refractivity contribution in [2.24, 2.45) is 0 Å². The molecule has 0 radical (unpaired) electrons. The lowest BCUT2D eigenvalue weighted by Crippen LogP contribution is -1.94. The van der Waals surface area contributed by atoms with E-state index in [1.54, 1.807) is 0 Å². The molecule has 0 heterocycles. The number of alkyl halides is 2. The lowest BCUT2D eigenvalue weighted by atomic mass is 10.0. The van der Waals surface area contributed by atoms with Crippen LogP contribution in [0.3, 0.4) is 0 Å². The van der Waals surface area contributed by atoms with Crippen LogP contribution < -0.4 is 0 Å². The van der Waals surface area contributed by atoms with Crippen molar-refractivity contribution in [3.8, 4) is 0 Å². The van der Waals surface area contributed by atoms with Gasteiger partial charge in [0.1, 0.15) is 0 Å². The van der Waals surface area contributed by atoms with Crippen molar-refractivity contribution >= 4 is 51.5 Å². The van der Waals surface area contributed by atoms with Crippen LogP contribution in [-0.4, -0.2) is 6.29 Å². The number of halogens is 2. The van der Waals surface area contributed by atoms with E-state index in [0.717, 1.165) is 23.0 Å². The largest absolute Gasteiger partial charge is 0.298 e. The lowest BCUT2D eigenvalue weighted by Gasteiger charge is -2.08. The van der Waals surface area contributed by atoms with Crippen molar-refractivity contribution in [2.75, 3.05) is 0 Å². The van der Waals surface area contributed by atoms with Gasteiger partial charge in [-0.2, -0.15) is 0 Å². The molecule has 13 heavy (non-hydrogen) atoms. The number of rotatable bonds is 2. The molecule has 0 aliphatic heterocycles. The van der Waals surface area contributed by atoms with E-state index in [1.807, 2.05) is 13.8 Å². The molecule has 1 aromatic rings. The molecule has 0 amide bonds. The second-order valence-electron chi connectivity index (χ2n) is 2.99. The minimum absolute atomic E-state index is 0.466. The van der Waals surface area contributed by atoms with E-state index in [0.29, 0.717) is 1.93 Å². The molecule has 3 heteroatoms. The van der Waals surface area contributed by atoms with Gasteiger partial charge in [0.05, 0.1) is 1.93 Å². The minimum atomic E-state index is 0.466. The number of hydrogen-bond acceptors (Lipinski definition) is 1. The smallest absolute Gasteiger partial charge is 0.150 e. The van der Waals surface area contributed by atoms with Gasteiger partial charge >= 0.3 is 0 Å². The maximum absolute atomic E-state index is 10.7. The number of aryl methyl sites for hydroxylation is 2. The van der Waals surface area contributed by atoms with E-state index in [2.05, 4.69) is 57.3 Å². The molecule has 0 aliphatic carbocycles. The SMILES string of the molecule is Cc1cc(C(I)I)cc(C)c1C=O. The topological polar surface area (TPSA) is 17.1 Å². The Morgan fingerprint density at radius 1 is 1.23 bits per heavy atom. The molecule has 0 aliphatic rings. The highest BCUT2D eigenvalue weighted by molar-refractivity contribution is 14.2. The summed E-state index contributed by atoms with van der Waals surface area (Å²) in [5.74, 6) is 0. The highest BCUT2D eigenvalue weighted by Crippen LogP contribution is 2.32. The lowest BCUT2D eigenvalue weighted by molar-refractivity contribution is 0.112. The first kappa shape index (κ1) is 11.4. The zero-order valence-electron chi connectivity index (χ0n) is 7.47. The Balaban J connectivity index is 3.28. The van der Waals surface area contributed by atoms with Crippen LogP contribution in [0, 0.1) is 13.8 Å². The van der Waals surface area contributed by atoms with Crippen LogP contribution in [0.15, 0.2) is 12.1 Å². The van der Waals surface area contributed by atoms with Crippen LogP contribution in [-0.2, 0) is 0 Å². The van der Waals surface area contributed by atoms with Crippen LogP contribution in [0.25, 0.3) is 0 Å². The maximum Gasteiger partial charge on any atom is 0.150 e. The summed E-state index contributed by atoms with van der Waals surface area (Å²) in [4.78, 5) is 10.7. The number of benzene rings is 1. The van der Waals surface area contributed by atoms with Crippen LogP contribution in [0.1, 0.15) is 29.0 Å². The molecule has 1 nitrogen and oxygen atoms in total. The standard InChI is InChI=1S/C10H10I2O/c1-6-3-8(10(11)12)4-7(2)9(6)5-13/h3-5,10H,1-2H3. The second kappa shape index (κ2) is 4.72. The van der Waals surface area contributed by atoms with E-state index in [-0.39, 0.29) is 0 Å². The second-order valence-corrected chi connectivity index (χ2v) is 7.86. The molecule has 0 aromatic heterocycles. The van der Waals surface area contributed by atoms with Crippen molar-refractivity contribution in [3.05, 3.63) is 34.4 Å². The van der Waals surface area contributed by atoms with E-state index < -0.39 is 0 Å². The highest BCUT2D eigenvalue weighted by atomic mass is 127. The predicted molar refractivity (Wildman–Crippen MR) is 72.1 cm³/mol.